The molecule has 1 aromatic rings. The van der Waals surface area contributed by atoms with Crippen LogP contribution < -0.4 is 5.73 Å². The Balaban J connectivity index is 2.12. The maximum absolute atomic E-state index is 12.1. The third kappa shape index (κ3) is 3.10. The fourth-order valence-electron chi connectivity index (χ4n) is 2.51. The Hall–Kier alpha value is -1.62. The lowest BCUT2D eigenvalue weighted by molar-refractivity contribution is 0.0284. The summed E-state index contributed by atoms with van der Waals surface area (Å²) in [6.45, 7) is 7.31. The Kier molecular flexibility index (Phi) is 3.99. The molecule has 2 rings (SSSR count). The van der Waals surface area contributed by atoms with Gasteiger partial charge in [0.15, 0.2) is 0 Å². The fraction of sp³-hybridized carbons (Fsp3) is 0.600. The predicted molar refractivity (Wildman–Crippen MR) is 77.4 cm³/mol. The van der Waals surface area contributed by atoms with Crippen LogP contribution >= 0.6 is 0 Å². The van der Waals surface area contributed by atoms with Gasteiger partial charge in [0, 0.05) is 36.9 Å². The van der Waals surface area contributed by atoms with Gasteiger partial charge in [-0.1, -0.05) is 6.07 Å². The van der Waals surface area contributed by atoms with Crippen LogP contribution in [0.5, 0.6) is 0 Å². The second-order valence-electron chi connectivity index (χ2n) is 6.35. The highest BCUT2D eigenvalue weighted by Gasteiger charge is 2.42. The molecule has 1 aromatic heterocycles. The van der Waals surface area contributed by atoms with E-state index in [0.717, 1.165) is 12.1 Å². The average molecular weight is 277 g/mol. The van der Waals surface area contributed by atoms with Crippen LogP contribution in [0, 0.1) is 0 Å². The van der Waals surface area contributed by atoms with Crippen molar-refractivity contribution in [2.45, 2.75) is 38.2 Å². The number of rotatable bonds is 2. The molecule has 1 amide bonds. The summed E-state index contributed by atoms with van der Waals surface area (Å²) in [7, 11) is 0. The summed E-state index contributed by atoms with van der Waals surface area (Å²) in [4.78, 5) is 18.3. The Morgan fingerprint density at radius 1 is 1.50 bits per heavy atom. The zero-order valence-electron chi connectivity index (χ0n) is 12.4. The van der Waals surface area contributed by atoms with Gasteiger partial charge in [0.1, 0.15) is 5.60 Å². The van der Waals surface area contributed by atoms with Gasteiger partial charge < -0.3 is 15.4 Å². The topological polar surface area (TPSA) is 68.5 Å². The fourth-order valence-corrected chi connectivity index (χ4v) is 2.51. The van der Waals surface area contributed by atoms with Crippen molar-refractivity contribution in [3.8, 4) is 0 Å². The number of amides is 1. The third-order valence-electron chi connectivity index (χ3n) is 3.60. The largest absolute Gasteiger partial charge is 0.444 e. The first kappa shape index (κ1) is 14.8. The van der Waals surface area contributed by atoms with Crippen LogP contribution in [0.2, 0.25) is 0 Å². The zero-order valence-corrected chi connectivity index (χ0v) is 12.4. The molecular formula is C15H23N3O2. The summed E-state index contributed by atoms with van der Waals surface area (Å²) >= 11 is 0. The van der Waals surface area contributed by atoms with Gasteiger partial charge >= 0.3 is 6.09 Å². The molecule has 5 heteroatoms. The highest BCUT2D eigenvalue weighted by molar-refractivity contribution is 5.69. The molecule has 1 aliphatic heterocycles. The van der Waals surface area contributed by atoms with Crippen LogP contribution in [0.3, 0.4) is 0 Å². The van der Waals surface area contributed by atoms with Gasteiger partial charge in [-0.25, -0.2) is 4.79 Å². The molecule has 0 bridgehead atoms. The van der Waals surface area contributed by atoms with Crippen molar-refractivity contribution in [2.75, 3.05) is 19.6 Å². The lowest BCUT2D eigenvalue weighted by Crippen LogP contribution is -2.41. The predicted octanol–water partition coefficient (Wildman–Crippen LogP) is 1.92. The molecule has 0 radical (unpaired) electrons. The Morgan fingerprint density at radius 2 is 2.25 bits per heavy atom. The number of ether oxygens (including phenoxy) is 1. The van der Waals surface area contributed by atoms with Crippen LogP contribution in [0.15, 0.2) is 24.4 Å². The monoisotopic (exact) mass is 277 g/mol. The van der Waals surface area contributed by atoms with E-state index in [4.69, 9.17) is 10.5 Å². The number of carbonyl (C=O) groups is 1. The number of pyridine rings is 1. The second kappa shape index (κ2) is 5.40. The maximum Gasteiger partial charge on any atom is 0.410 e. The molecule has 1 saturated heterocycles. The van der Waals surface area contributed by atoms with E-state index in [2.05, 4.69) is 4.98 Å². The van der Waals surface area contributed by atoms with Crippen molar-refractivity contribution in [1.29, 1.82) is 0 Å². The summed E-state index contributed by atoms with van der Waals surface area (Å²) in [5.41, 5.74) is 6.20. The number of aromatic nitrogens is 1. The summed E-state index contributed by atoms with van der Waals surface area (Å²) in [5, 5.41) is 0. The first-order valence-corrected chi connectivity index (χ1v) is 6.96. The molecule has 2 N–H and O–H groups in total. The molecule has 0 saturated carbocycles. The quantitative estimate of drug-likeness (QED) is 0.896. The SMILES string of the molecule is CC(C)(C)OC(=O)N1CCC(CN)(c2ccccn2)C1. The van der Waals surface area contributed by atoms with E-state index in [-0.39, 0.29) is 11.5 Å². The van der Waals surface area contributed by atoms with Crippen molar-refractivity contribution in [3.05, 3.63) is 30.1 Å². The van der Waals surface area contributed by atoms with Crippen molar-refractivity contribution in [3.63, 3.8) is 0 Å². The number of nitrogens with zero attached hydrogens (tertiary/aromatic N) is 2. The van der Waals surface area contributed by atoms with E-state index in [1.54, 1.807) is 11.1 Å². The van der Waals surface area contributed by atoms with Crippen molar-refractivity contribution >= 4 is 6.09 Å². The second-order valence-corrected chi connectivity index (χ2v) is 6.35. The van der Waals surface area contributed by atoms with Crippen LogP contribution in [-0.2, 0) is 10.2 Å². The molecule has 1 fully saturated rings. The molecule has 0 spiro atoms. The van der Waals surface area contributed by atoms with E-state index in [9.17, 15) is 4.79 Å². The summed E-state index contributed by atoms with van der Waals surface area (Å²) < 4.78 is 5.42. The number of hydrogen-bond donors (Lipinski definition) is 1. The number of hydrogen-bond acceptors (Lipinski definition) is 4. The smallest absolute Gasteiger partial charge is 0.410 e. The number of carbonyl (C=O) groups excluding carboxylic acids is 1. The van der Waals surface area contributed by atoms with Gasteiger partial charge in [-0.15, -0.1) is 0 Å². The average Bonchev–Trinajstić information content (AvgIpc) is 2.84. The third-order valence-corrected chi connectivity index (χ3v) is 3.60. The summed E-state index contributed by atoms with van der Waals surface area (Å²) in [5.74, 6) is 0. The van der Waals surface area contributed by atoms with Crippen LogP contribution in [-0.4, -0.2) is 41.2 Å². The molecule has 0 aromatic carbocycles. The number of likely N-dealkylation sites (tertiary alicyclic amines) is 1. The van der Waals surface area contributed by atoms with Crippen molar-refractivity contribution < 1.29 is 9.53 Å². The lowest BCUT2D eigenvalue weighted by atomic mass is 9.83. The van der Waals surface area contributed by atoms with Gasteiger partial charge in [0.05, 0.1) is 0 Å². The number of nitrogens with two attached hydrogens (primary N) is 1. The molecule has 20 heavy (non-hydrogen) atoms. The molecule has 1 aliphatic rings. The minimum Gasteiger partial charge on any atom is -0.444 e. The van der Waals surface area contributed by atoms with E-state index < -0.39 is 5.60 Å². The van der Waals surface area contributed by atoms with E-state index >= 15 is 0 Å². The van der Waals surface area contributed by atoms with E-state index in [0.29, 0.717) is 19.6 Å². The van der Waals surface area contributed by atoms with Gasteiger partial charge in [0.2, 0.25) is 0 Å². The van der Waals surface area contributed by atoms with E-state index in [1.807, 2.05) is 39.0 Å². The molecular weight excluding hydrogens is 254 g/mol. The Labute approximate surface area is 120 Å². The summed E-state index contributed by atoms with van der Waals surface area (Å²) in [6, 6.07) is 5.82. The van der Waals surface area contributed by atoms with Crippen LogP contribution in [0.4, 0.5) is 4.79 Å². The van der Waals surface area contributed by atoms with Crippen LogP contribution in [0.25, 0.3) is 0 Å². The zero-order chi connectivity index (χ0) is 14.8. The highest BCUT2D eigenvalue weighted by Crippen LogP contribution is 2.33. The highest BCUT2D eigenvalue weighted by atomic mass is 16.6. The van der Waals surface area contributed by atoms with Crippen molar-refractivity contribution in [1.82, 2.24) is 9.88 Å². The lowest BCUT2D eigenvalue weighted by Gasteiger charge is -2.28. The van der Waals surface area contributed by atoms with Crippen molar-refractivity contribution in [2.24, 2.45) is 5.73 Å². The van der Waals surface area contributed by atoms with Gasteiger partial charge in [-0.05, 0) is 39.3 Å². The molecule has 1 unspecified atom stereocenters. The Bertz CT molecular complexity index is 470. The first-order chi connectivity index (χ1) is 9.36. The van der Waals surface area contributed by atoms with Gasteiger partial charge in [-0.3, -0.25) is 4.98 Å². The molecule has 5 nitrogen and oxygen atoms in total. The molecule has 0 aliphatic carbocycles. The van der Waals surface area contributed by atoms with Gasteiger partial charge in [-0.2, -0.15) is 0 Å². The minimum atomic E-state index is -0.476. The summed E-state index contributed by atoms with van der Waals surface area (Å²) in [6.07, 6.45) is 2.31. The molecule has 2 heterocycles. The standard InChI is InChI=1S/C15H23N3O2/c1-14(2,3)20-13(19)18-9-7-15(10-16,11-18)12-6-4-5-8-17-12/h4-6,8H,7,9-11,16H2,1-3H3. The maximum atomic E-state index is 12.1. The Morgan fingerprint density at radius 3 is 2.80 bits per heavy atom. The first-order valence-electron chi connectivity index (χ1n) is 6.96. The van der Waals surface area contributed by atoms with E-state index in [1.165, 1.54) is 0 Å². The molecule has 1 atom stereocenters. The van der Waals surface area contributed by atoms with Gasteiger partial charge in [0.25, 0.3) is 0 Å². The molecule has 110 valence electrons. The van der Waals surface area contributed by atoms with Crippen LogP contribution in [0.1, 0.15) is 32.9 Å². The minimum absolute atomic E-state index is 0.252. The normalized spacial score (nSPS) is 22.9.